The summed E-state index contributed by atoms with van der Waals surface area (Å²) in [6.07, 6.45) is 4.97. The molecule has 0 aromatic carbocycles. The molecule has 0 bridgehead atoms. The molecule has 0 unspecified atom stereocenters. The molecule has 0 fully saturated rings. The monoisotopic (exact) mass is 191 g/mol. The lowest BCUT2D eigenvalue weighted by atomic mass is 10.4. The number of rotatable bonds is 5. The van der Waals surface area contributed by atoms with Crippen LogP contribution in [0.15, 0.2) is 37.2 Å². The number of nitrogens with zero attached hydrogens (tertiary/aromatic N) is 1. The van der Waals surface area contributed by atoms with Crippen LogP contribution >= 0.6 is 0 Å². The van der Waals surface area contributed by atoms with Crippen LogP contribution in [0.4, 0.5) is 5.69 Å². The van der Waals surface area contributed by atoms with E-state index in [1.165, 1.54) is 0 Å². The molecule has 0 aliphatic carbocycles. The molecule has 0 aliphatic rings. The molecular weight excluding hydrogens is 178 g/mol. The van der Waals surface area contributed by atoms with Crippen molar-refractivity contribution in [3.63, 3.8) is 0 Å². The summed E-state index contributed by atoms with van der Waals surface area (Å²) in [6.45, 7) is 4.44. The van der Waals surface area contributed by atoms with Crippen molar-refractivity contribution in [1.82, 2.24) is 10.3 Å². The summed E-state index contributed by atoms with van der Waals surface area (Å²) in [5.74, 6) is -0.0835. The van der Waals surface area contributed by atoms with Gasteiger partial charge in [-0.05, 0) is 12.1 Å². The Hall–Kier alpha value is -1.68. The first-order chi connectivity index (χ1) is 6.83. The largest absolute Gasteiger partial charge is 0.324 e. The summed E-state index contributed by atoms with van der Waals surface area (Å²) in [5.41, 5.74) is 0.706. The lowest BCUT2D eigenvalue weighted by Gasteiger charge is -2.04. The molecule has 0 aliphatic heterocycles. The molecule has 4 heteroatoms. The Bertz CT molecular complexity index is 297. The SMILES string of the molecule is C=CCNCC(=O)Nc1cccnc1. The predicted octanol–water partition coefficient (Wildman–Crippen LogP) is 0.796. The Morgan fingerprint density at radius 3 is 3.14 bits per heavy atom. The van der Waals surface area contributed by atoms with Crippen LogP contribution in [0, 0.1) is 0 Å². The number of carbonyl (C=O) groups excluding carboxylic acids is 1. The van der Waals surface area contributed by atoms with Gasteiger partial charge in [-0.1, -0.05) is 6.08 Å². The van der Waals surface area contributed by atoms with Gasteiger partial charge in [-0.25, -0.2) is 0 Å². The van der Waals surface area contributed by atoms with Crippen molar-refractivity contribution in [2.24, 2.45) is 0 Å². The average molecular weight is 191 g/mol. The zero-order valence-corrected chi connectivity index (χ0v) is 7.86. The number of pyridine rings is 1. The molecule has 0 saturated carbocycles. The lowest BCUT2D eigenvalue weighted by molar-refractivity contribution is -0.115. The van der Waals surface area contributed by atoms with Crippen molar-refractivity contribution in [2.45, 2.75) is 0 Å². The molecule has 0 spiro atoms. The second-order valence-corrected chi connectivity index (χ2v) is 2.71. The van der Waals surface area contributed by atoms with E-state index in [1.54, 1.807) is 30.6 Å². The first-order valence-electron chi connectivity index (χ1n) is 4.34. The van der Waals surface area contributed by atoms with Crippen molar-refractivity contribution in [3.8, 4) is 0 Å². The third kappa shape index (κ3) is 3.82. The predicted molar refractivity (Wildman–Crippen MR) is 55.9 cm³/mol. The summed E-state index contributed by atoms with van der Waals surface area (Å²) >= 11 is 0. The van der Waals surface area contributed by atoms with E-state index < -0.39 is 0 Å². The van der Waals surface area contributed by atoms with Crippen molar-refractivity contribution < 1.29 is 4.79 Å². The summed E-state index contributed by atoms with van der Waals surface area (Å²) in [6, 6.07) is 3.56. The maximum atomic E-state index is 11.3. The molecule has 1 amide bonds. The number of carbonyl (C=O) groups is 1. The summed E-state index contributed by atoms with van der Waals surface area (Å²) in [5, 5.41) is 5.61. The second-order valence-electron chi connectivity index (χ2n) is 2.71. The van der Waals surface area contributed by atoms with Gasteiger partial charge in [0, 0.05) is 12.7 Å². The fraction of sp³-hybridized carbons (Fsp3) is 0.200. The van der Waals surface area contributed by atoms with Crippen LogP contribution in [0.5, 0.6) is 0 Å². The third-order valence-electron chi connectivity index (χ3n) is 1.52. The Labute approximate surface area is 83.0 Å². The quantitative estimate of drug-likeness (QED) is 0.534. The van der Waals surface area contributed by atoms with Crippen LogP contribution in [-0.4, -0.2) is 24.0 Å². The van der Waals surface area contributed by atoms with Gasteiger partial charge in [0.25, 0.3) is 0 Å². The third-order valence-corrected chi connectivity index (χ3v) is 1.52. The Morgan fingerprint density at radius 1 is 1.64 bits per heavy atom. The highest BCUT2D eigenvalue weighted by Crippen LogP contribution is 2.01. The van der Waals surface area contributed by atoms with E-state index in [4.69, 9.17) is 0 Å². The van der Waals surface area contributed by atoms with E-state index in [1.807, 2.05) is 0 Å². The average Bonchev–Trinajstić information content (AvgIpc) is 2.20. The molecular formula is C10H13N3O. The van der Waals surface area contributed by atoms with Gasteiger partial charge in [-0.2, -0.15) is 0 Å². The minimum Gasteiger partial charge on any atom is -0.324 e. The fourth-order valence-corrected chi connectivity index (χ4v) is 0.930. The van der Waals surface area contributed by atoms with Gasteiger partial charge in [-0.3, -0.25) is 9.78 Å². The van der Waals surface area contributed by atoms with Gasteiger partial charge in [0.2, 0.25) is 5.91 Å². The van der Waals surface area contributed by atoms with Gasteiger partial charge in [0.05, 0.1) is 18.4 Å². The zero-order chi connectivity index (χ0) is 10.2. The van der Waals surface area contributed by atoms with E-state index in [0.29, 0.717) is 12.2 Å². The van der Waals surface area contributed by atoms with Crippen molar-refractivity contribution in [2.75, 3.05) is 18.4 Å². The molecule has 1 aromatic heterocycles. The number of nitrogens with one attached hydrogen (secondary N) is 2. The highest BCUT2D eigenvalue weighted by Gasteiger charge is 1.99. The van der Waals surface area contributed by atoms with Crippen LogP contribution in [0.1, 0.15) is 0 Å². The molecule has 0 radical (unpaired) electrons. The summed E-state index contributed by atoms with van der Waals surface area (Å²) < 4.78 is 0. The molecule has 1 heterocycles. The minimum atomic E-state index is -0.0835. The first kappa shape index (κ1) is 10.4. The van der Waals surface area contributed by atoms with Gasteiger partial charge in [0.15, 0.2) is 0 Å². The lowest BCUT2D eigenvalue weighted by Crippen LogP contribution is -2.28. The maximum absolute atomic E-state index is 11.3. The normalized spacial score (nSPS) is 9.43. The molecule has 0 saturated heterocycles. The number of aromatic nitrogens is 1. The molecule has 1 aromatic rings. The molecule has 0 atom stereocenters. The molecule has 1 rings (SSSR count). The highest BCUT2D eigenvalue weighted by molar-refractivity contribution is 5.91. The maximum Gasteiger partial charge on any atom is 0.238 e. The van der Waals surface area contributed by atoms with Crippen LogP contribution in [0.2, 0.25) is 0 Å². The molecule has 14 heavy (non-hydrogen) atoms. The van der Waals surface area contributed by atoms with Crippen molar-refractivity contribution in [1.29, 1.82) is 0 Å². The van der Waals surface area contributed by atoms with E-state index in [0.717, 1.165) is 0 Å². The molecule has 2 N–H and O–H groups in total. The first-order valence-corrected chi connectivity index (χ1v) is 4.34. The van der Waals surface area contributed by atoms with Gasteiger partial charge >= 0.3 is 0 Å². The number of amides is 1. The smallest absolute Gasteiger partial charge is 0.238 e. The highest BCUT2D eigenvalue weighted by atomic mass is 16.1. The van der Waals surface area contributed by atoms with Crippen molar-refractivity contribution >= 4 is 11.6 Å². The summed E-state index contributed by atoms with van der Waals surface area (Å²) in [4.78, 5) is 15.1. The van der Waals surface area contributed by atoms with Crippen LogP contribution in [-0.2, 0) is 4.79 Å². The van der Waals surface area contributed by atoms with Crippen molar-refractivity contribution in [3.05, 3.63) is 37.2 Å². The Kier molecular flexibility index (Phi) is 4.37. The minimum absolute atomic E-state index is 0.0835. The van der Waals surface area contributed by atoms with E-state index >= 15 is 0 Å². The van der Waals surface area contributed by atoms with Gasteiger partial charge in [0.1, 0.15) is 0 Å². The fourth-order valence-electron chi connectivity index (χ4n) is 0.930. The topological polar surface area (TPSA) is 54.0 Å². The van der Waals surface area contributed by atoms with E-state index in [9.17, 15) is 4.79 Å². The standard InChI is InChI=1S/C10H13N3O/c1-2-5-11-8-10(14)13-9-4-3-6-12-7-9/h2-4,6-7,11H,1,5,8H2,(H,13,14). The Balaban J connectivity index is 2.31. The van der Waals surface area contributed by atoms with Crippen LogP contribution in [0.25, 0.3) is 0 Å². The number of hydrogen-bond acceptors (Lipinski definition) is 3. The summed E-state index contributed by atoms with van der Waals surface area (Å²) in [7, 11) is 0. The molecule has 4 nitrogen and oxygen atoms in total. The Morgan fingerprint density at radius 2 is 2.50 bits per heavy atom. The van der Waals surface area contributed by atoms with Gasteiger partial charge < -0.3 is 10.6 Å². The number of hydrogen-bond donors (Lipinski definition) is 2. The van der Waals surface area contributed by atoms with E-state index in [-0.39, 0.29) is 12.5 Å². The molecule has 74 valence electrons. The van der Waals surface area contributed by atoms with Crippen LogP contribution < -0.4 is 10.6 Å². The number of anilines is 1. The second kappa shape index (κ2) is 5.88. The van der Waals surface area contributed by atoms with E-state index in [2.05, 4.69) is 22.2 Å². The zero-order valence-electron chi connectivity index (χ0n) is 7.86. The van der Waals surface area contributed by atoms with Gasteiger partial charge in [-0.15, -0.1) is 6.58 Å². The van der Waals surface area contributed by atoms with Crippen LogP contribution in [0.3, 0.4) is 0 Å².